The second kappa shape index (κ2) is 9.53. The summed E-state index contributed by atoms with van der Waals surface area (Å²) in [4.78, 5) is 21.1. The highest BCUT2D eigenvalue weighted by Crippen LogP contribution is 2.33. The van der Waals surface area contributed by atoms with Crippen molar-refractivity contribution in [3.8, 4) is 11.5 Å². The number of non-ortho nitro benzene ring substituents is 1. The van der Waals surface area contributed by atoms with Gasteiger partial charge in [0.2, 0.25) is 0 Å². The summed E-state index contributed by atoms with van der Waals surface area (Å²) in [5.74, 6) is 0.230. The molecule has 2 rings (SSSR count). The molecule has 0 aliphatic carbocycles. The third-order valence-corrected chi connectivity index (χ3v) is 3.89. The number of benzene rings is 2. The largest absolute Gasteiger partial charge is 0.490 e. The summed E-state index contributed by atoms with van der Waals surface area (Å²) in [5.41, 5.74) is 9.17. The molecule has 142 valence electrons. The number of carbonyl (C=O) groups excluding carboxylic acids is 1. The first kappa shape index (κ1) is 20.2. The van der Waals surface area contributed by atoms with Gasteiger partial charge in [-0.15, -0.1) is 0 Å². The molecular formula is C17H17BrN4O5. The number of nitrogens with zero attached hydrogens (tertiary/aromatic N) is 2. The van der Waals surface area contributed by atoms with Crippen LogP contribution in [0.2, 0.25) is 0 Å². The Balaban J connectivity index is 2.14. The zero-order valence-electron chi connectivity index (χ0n) is 14.3. The number of hydrogen-bond donors (Lipinski definition) is 2. The van der Waals surface area contributed by atoms with Crippen LogP contribution in [0.25, 0.3) is 0 Å². The van der Waals surface area contributed by atoms with Crippen molar-refractivity contribution in [1.29, 1.82) is 0 Å². The molecule has 0 atom stereocenters. The Morgan fingerprint density at radius 3 is 2.56 bits per heavy atom. The van der Waals surface area contributed by atoms with E-state index in [4.69, 9.17) is 15.2 Å². The lowest BCUT2D eigenvalue weighted by atomic mass is 10.2. The molecule has 0 heterocycles. The molecule has 2 aromatic rings. The maximum atomic E-state index is 10.9. The fourth-order valence-electron chi connectivity index (χ4n) is 2.01. The Morgan fingerprint density at radius 2 is 1.96 bits per heavy atom. The number of rotatable bonds is 9. The van der Waals surface area contributed by atoms with Crippen LogP contribution in [-0.4, -0.2) is 30.3 Å². The summed E-state index contributed by atoms with van der Waals surface area (Å²) < 4.78 is 11.5. The van der Waals surface area contributed by atoms with Crippen molar-refractivity contribution in [3.63, 3.8) is 0 Å². The lowest BCUT2D eigenvalue weighted by molar-refractivity contribution is -0.384. The second-order valence-corrected chi connectivity index (χ2v) is 6.04. The van der Waals surface area contributed by atoms with Gasteiger partial charge in [-0.2, -0.15) is 5.10 Å². The molecule has 0 saturated heterocycles. The molecule has 0 radical (unpaired) electrons. The molecule has 0 spiro atoms. The lowest BCUT2D eigenvalue weighted by Crippen LogP contribution is -2.20. The van der Waals surface area contributed by atoms with E-state index in [0.29, 0.717) is 33.8 Å². The van der Waals surface area contributed by atoms with Crippen LogP contribution in [0.5, 0.6) is 11.5 Å². The molecule has 3 N–H and O–H groups in total. The fraction of sp³-hybridized carbons (Fsp3) is 0.176. The number of nitrogens with one attached hydrogen (secondary N) is 1. The lowest BCUT2D eigenvalue weighted by Gasteiger charge is -2.13. The summed E-state index contributed by atoms with van der Waals surface area (Å²) in [6, 6.07) is 9.22. The number of ether oxygens (including phenoxy) is 2. The van der Waals surface area contributed by atoms with Crippen LogP contribution in [0.1, 0.15) is 12.5 Å². The smallest absolute Gasteiger partial charge is 0.269 e. The number of hydrogen-bond acceptors (Lipinski definition) is 7. The second-order valence-electron chi connectivity index (χ2n) is 5.18. The summed E-state index contributed by atoms with van der Waals surface area (Å²) in [5, 5.41) is 14.8. The quantitative estimate of drug-likeness (QED) is 0.353. The maximum Gasteiger partial charge on any atom is 0.269 e. The first-order valence-electron chi connectivity index (χ1n) is 7.81. The van der Waals surface area contributed by atoms with Gasteiger partial charge in [-0.05, 0) is 47.1 Å². The van der Waals surface area contributed by atoms with E-state index in [9.17, 15) is 14.9 Å². The number of nitrogens with two attached hydrogens (primary N) is 1. The highest BCUT2D eigenvalue weighted by Gasteiger charge is 2.11. The van der Waals surface area contributed by atoms with Crippen molar-refractivity contribution in [2.45, 2.75) is 6.92 Å². The SMILES string of the molecule is CCOc1cc(C=NNc2ccc([N+](=O)[O-])cc2)c(Br)cc1OCC(N)=O. The Labute approximate surface area is 163 Å². The van der Waals surface area contributed by atoms with E-state index in [1.165, 1.54) is 12.1 Å². The van der Waals surface area contributed by atoms with Crippen molar-refractivity contribution >= 4 is 39.4 Å². The third-order valence-electron chi connectivity index (χ3n) is 3.21. The van der Waals surface area contributed by atoms with E-state index in [2.05, 4.69) is 26.5 Å². The molecule has 0 saturated carbocycles. The van der Waals surface area contributed by atoms with Gasteiger partial charge in [0.25, 0.3) is 11.6 Å². The van der Waals surface area contributed by atoms with Gasteiger partial charge in [-0.25, -0.2) is 0 Å². The average molecular weight is 437 g/mol. The molecule has 9 nitrogen and oxygen atoms in total. The zero-order chi connectivity index (χ0) is 19.8. The van der Waals surface area contributed by atoms with Gasteiger partial charge in [0.05, 0.1) is 23.4 Å². The van der Waals surface area contributed by atoms with Gasteiger partial charge in [-0.3, -0.25) is 20.3 Å². The van der Waals surface area contributed by atoms with Crippen LogP contribution in [0.15, 0.2) is 46.0 Å². The van der Waals surface area contributed by atoms with Crippen molar-refractivity contribution in [3.05, 3.63) is 56.5 Å². The topological polar surface area (TPSA) is 129 Å². The van der Waals surface area contributed by atoms with Gasteiger partial charge in [0, 0.05) is 22.2 Å². The molecule has 27 heavy (non-hydrogen) atoms. The Hall–Kier alpha value is -3.14. The Morgan fingerprint density at radius 1 is 1.30 bits per heavy atom. The van der Waals surface area contributed by atoms with Crippen molar-refractivity contribution < 1.29 is 19.2 Å². The minimum atomic E-state index is -0.591. The predicted octanol–water partition coefficient (Wildman–Crippen LogP) is 3.07. The van der Waals surface area contributed by atoms with E-state index in [1.807, 2.05) is 6.92 Å². The van der Waals surface area contributed by atoms with Crippen molar-refractivity contribution in [1.82, 2.24) is 0 Å². The minimum absolute atomic E-state index is 0.000167. The van der Waals surface area contributed by atoms with Crippen LogP contribution in [0, 0.1) is 10.1 Å². The highest BCUT2D eigenvalue weighted by molar-refractivity contribution is 9.10. The molecule has 0 fully saturated rings. The molecule has 0 aromatic heterocycles. The summed E-state index contributed by atoms with van der Waals surface area (Å²) in [7, 11) is 0. The fourth-order valence-corrected chi connectivity index (χ4v) is 2.44. The molecule has 1 amide bonds. The van der Waals surface area contributed by atoms with E-state index in [1.54, 1.807) is 30.5 Å². The predicted molar refractivity (Wildman–Crippen MR) is 104 cm³/mol. The van der Waals surface area contributed by atoms with Gasteiger partial charge in [0.15, 0.2) is 18.1 Å². The van der Waals surface area contributed by atoms with E-state index >= 15 is 0 Å². The molecule has 10 heteroatoms. The van der Waals surface area contributed by atoms with Crippen LogP contribution in [0.4, 0.5) is 11.4 Å². The minimum Gasteiger partial charge on any atom is -0.490 e. The number of primary amides is 1. The number of halogens is 1. The first-order chi connectivity index (χ1) is 12.9. The van der Waals surface area contributed by atoms with Crippen LogP contribution >= 0.6 is 15.9 Å². The highest BCUT2D eigenvalue weighted by atomic mass is 79.9. The van der Waals surface area contributed by atoms with E-state index < -0.39 is 10.8 Å². The van der Waals surface area contributed by atoms with Gasteiger partial charge in [0.1, 0.15) is 0 Å². The zero-order valence-corrected chi connectivity index (χ0v) is 15.9. The Kier molecular flexibility index (Phi) is 7.12. The van der Waals surface area contributed by atoms with E-state index in [-0.39, 0.29) is 12.3 Å². The monoisotopic (exact) mass is 436 g/mol. The number of amides is 1. The van der Waals surface area contributed by atoms with Crippen LogP contribution < -0.4 is 20.6 Å². The van der Waals surface area contributed by atoms with E-state index in [0.717, 1.165) is 0 Å². The number of hydrazone groups is 1. The van der Waals surface area contributed by atoms with Crippen molar-refractivity contribution in [2.24, 2.45) is 10.8 Å². The maximum absolute atomic E-state index is 10.9. The molecule has 2 aromatic carbocycles. The third kappa shape index (κ3) is 5.96. The average Bonchev–Trinajstić information content (AvgIpc) is 2.63. The Bertz CT molecular complexity index is 855. The number of nitro benzene ring substituents is 1. The standard InChI is InChI=1S/C17H17BrN4O5/c1-2-26-15-7-11(14(18)8-16(15)27-10-17(19)23)9-20-21-12-3-5-13(6-4-12)22(24)25/h3-9,21H,2,10H2,1H3,(H2,19,23). The molecule has 0 aliphatic rings. The number of carbonyl (C=O) groups is 1. The normalized spacial score (nSPS) is 10.6. The van der Waals surface area contributed by atoms with Gasteiger partial charge in [-0.1, -0.05) is 0 Å². The van der Waals surface area contributed by atoms with Crippen LogP contribution in [0.3, 0.4) is 0 Å². The number of nitro groups is 1. The number of anilines is 1. The van der Waals surface area contributed by atoms with Crippen molar-refractivity contribution in [2.75, 3.05) is 18.6 Å². The first-order valence-corrected chi connectivity index (χ1v) is 8.61. The van der Waals surface area contributed by atoms with Crippen LogP contribution in [-0.2, 0) is 4.79 Å². The summed E-state index contributed by atoms with van der Waals surface area (Å²) in [6.07, 6.45) is 1.55. The molecule has 0 bridgehead atoms. The molecule has 0 unspecified atom stereocenters. The summed E-state index contributed by atoms with van der Waals surface area (Å²) in [6.45, 7) is 1.97. The van der Waals surface area contributed by atoms with Gasteiger partial charge < -0.3 is 15.2 Å². The molecule has 0 aliphatic heterocycles. The molecular weight excluding hydrogens is 420 g/mol. The summed E-state index contributed by atoms with van der Waals surface area (Å²) >= 11 is 3.41. The van der Waals surface area contributed by atoms with Gasteiger partial charge >= 0.3 is 0 Å².